The highest BCUT2D eigenvalue weighted by Gasteiger charge is 2.44. The zero-order valence-electron chi connectivity index (χ0n) is 18.9. The molecule has 2 amide bonds. The van der Waals surface area contributed by atoms with E-state index in [1.165, 1.54) is 0 Å². The van der Waals surface area contributed by atoms with Gasteiger partial charge in [-0.05, 0) is 48.3 Å². The van der Waals surface area contributed by atoms with Gasteiger partial charge in [0.15, 0.2) is 0 Å². The highest BCUT2D eigenvalue weighted by Crippen LogP contribution is 2.31. The third kappa shape index (κ3) is 6.57. The number of hydrogen-bond donors (Lipinski definition) is 4. The van der Waals surface area contributed by atoms with E-state index in [1.54, 1.807) is 17.5 Å². The van der Waals surface area contributed by atoms with Crippen molar-refractivity contribution in [3.8, 4) is 10.6 Å². The maximum absolute atomic E-state index is 13.2. The third-order valence-electron chi connectivity index (χ3n) is 5.89. The summed E-state index contributed by atoms with van der Waals surface area (Å²) in [5.74, 6) is -1.57. The van der Waals surface area contributed by atoms with Crippen LogP contribution in [0.3, 0.4) is 0 Å². The average Bonchev–Trinajstić information content (AvgIpc) is 3.46. The van der Waals surface area contributed by atoms with Crippen LogP contribution in [-0.2, 0) is 20.8 Å². The Morgan fingerprint density at radius 1 is 1.21 bits per heavy atom. The first-order chi connectivity index (χ1) is 15.7. The molecule has 9 heteroatoms. The van der Waals surface area contributed by atoms with E-state index in [4.69, 9.17) is 0 Å². The number of hydrogen-bond acceptors (Lipinski definition) is 6. The molecule has 0 saturated heterocycles. The fourth-order valence-corrected chi connectivity index (χ4v) is 5.30. The molecule has 1 aliphatic carbocycles. The SMILES string of the molecule is CC(C)C[C@@H](S)C(=O)NC1(C(=O)N[C@@H](Cc2ccc(-c3cccs3)nc2)C(=O)O)CCCC1. The standard InChI is InChI=1S/C24H31N3O4S2/c1-15(2)12-19(32)21(28)27-24(9-3-4-10-24)23(31)26-18(22(29)30)13-16-7-8-17(25-14-16)20-6-5-11-33-20/h5-8,11,14-15,18-19,32H,3-4,9-10,12-13H2,1-2H3,(H,26,31)(H,27,28)(H,29,30)/t18-,19+/m0/s1. The van der Waals surface area contributed by atoms with E-state index in [9.17, 15) is 19.5 Å². The lowest BCUT2D eigenvalue weighted by Gasteiger charge is -2.31. The molecule has 2 heterocycles. The summed E-state index contributed by atoms with van der Waals surface area (Å²) >= 11 is 5.98. The van der Waals surface area contributed by atoms with Crippen molar-refractivity contribution in [2.75, 3.05) is 0 Å². The number of carbonyl (C=O) groups excluding carboxylic acids is 2. The van der Waals surface area contributed by atoms with Crippen molar-refractivity contribution >= 4 is 41.7 Å². The summed E-state index contributed by atoms with van der Waals surface area (Å²) in [6.45, 7) is 4.02. The largest absolute Gasteiger partial charge is 0.480 e. The summed E-state index contributed by atoms with van der Waals surface area (Å²) in [6.07, 6.45) is 4.89. The smallest absolute Gasteiger partial charge is 0.326 e. The van der Waals surface area contributed by atoms with E-state index in [-0.39, 0.29) is 12.3 Å². The van der Waals surface area contributed by atoms with Crippen LogP contribution in [0.2, 0.25) is 0 Å². The van der Waals surface area contributed by atoms with Crippen molar-refractivity contribution in [2.24, 2.45) is 5.92 Å². The van der Waals surface area contributed by atoms with Gasteiger partial charge in [0, 0.05) is 12.6 Å². The second kappa shape index (κ2) is 11.2. The maximum Gasteiger partial charge on any atom is 0.326 e. The first-order valence-corrected chi connectivity index (χ1v) is 12.6. The molecule has 0 bridgehead atoms. The Bertz CT molecular complexity index is 955. The van der Waals surface area contributed by atoms with Gasteiger partial charge in [-0.15, -0.1) is 11.3 Å². The highest BCUT2D eigenvalue weighted by molar-refractivity contribution is 7.81. The monoisotopic (exact) mass is 489 g/mol. The number of carboxylic acids is 1. The Hall–Kier alpha value is -2.39. The quantitative estimate of drug-likeness (QED) is 0.381. The molecule has 1 saturated carbocycles. The zero-order valence-corrected chi connectivity index (χ0v) is 20.6. The molecule has 1 aliphatic rings. The molecule has 1 fully saturated rings. The Morgan fingerprint density at radius 2 is 1.94 bits per heavy atom. The first-order valence-electron chi connectivity index (χ1n) is 11.2. The number of rotatable bonds is 10. The molecule has 2 aromatic heterocycles. The molecule has 0 aromatic carbocycles. The molecule has 178 valence electrons. The second-order valence-electron chi connectivity index (χ2n) is 9.02. The number of nitrogens with zero attached hydrogens (tertiary/aromatic N) is 1. The second-order valence-corrected chi connectivity index (χ2v) is 10.6. The number of amides is 2. The molecular formula is C24H31N3O4S2. The van der Waals surface area contributed by atoms with Gasteiger partial charge in [-0.2, -0.15) is 12.6 Å². The number of nitrogens with one attached hydrogen (secondary N) is 2. The molecular weight excluding hydrogens is 458 g/mol. The Labute approximate surface area is 203 Å². The molecule has 0 unspecified atom stereocenters. The van der Waals surface area contributed by atoms with Gasteiger partial charge in [0.25, 0.3) is 0 Å². The number of thiol groups is 1. The van der Waals surface area contributed by atoms with Crippen molar-refractivity contribution in [1.82, 2.24) is 15.6 Å². The number of pyridine rings is 1. The lowest BCUT2D eigenvalue weighted by molar-refractivity contribution is -0.143. The van der Waals surface area contributed by atoms with Crippen LogP contribution in [-0.4, -0.2) is 44.7 Å². The van der Waals surface area contributed by atoms with Crippen LogP contribution in [0, 0.1) is 5.92 Å². The predicted molar refractivity (Wildman–Crippen MR) is 132 cm³/mol. The van der Waals surface area contributed by atoms with Crippen molar-refractivity contribution in [1.29, 1.82) is 0 Å². The Morgan fingerprint density at radius 3 is 2.48 bits per heavy atom. The summed E-state index contributed by atoms with van der Waals surface area (Å²) in [5, 5.41) is 16.8. The average molecular weight is 490 g/mol. The van der Waals surface area contributed by atoms with Crippen molar-refractivity contribution in [3.05, 3.63) is 41.4 Å². The van der Waals surface area contributed by atoms with Crippen molar-refractivity contribution in [2.45, 2.75) is 69.2 Å². The number of aromatic nitrogens is 1. The number of thiophene rings is 1. The van der Waals surface area contributed by atoms with Gasteiger partial charge in [0.05, 0.1) is 15.8 Å². The number of carboxylic acid groups (broad SMARTS) is 1. The Kier molecular flexibility index (Phi) is 8.53. The third-order valence-corrected chi connectivity index (χ3v) is 7.23. The predicted octanol–water partition coefficient (Wildman–Crippen LogP) is 3.70. The first kappa shape index (κ1) is 25.2. The molecule has 33 heavy (non-hydrogen) atoms. The fraction of sp³-hybridized carbons (Fsp3) is 0.500. The van der Waals surface area contributed by atoms with Crippen LogP contribution < -0.4 is 10.6 Å². The van der Waals surface area contributed by atoms with Gasteiger partial charge in [-0.1, -0.05) is 38.8 Å². The van der Waals surface area contributed by atoms with Crippen LogP contribution in [0.4, 0.5) is 0 Å². The van der Waals surface area contributed by atoms with E-state index in [0.29, 0.717) is 30.7 Å². The van der Waals surface area contributed by atoms with Gasteiger partial charge in [-0.25, -0.2) is 4.79 Å². The minimum Gasteiger partial charge on any atom is -0.480 e. The number of carbonyl (C=O) groups is 3. The summed E-state index contributed by atoms with van der Waals surface area (Å²) in [6, 6.07) is 6.47. The zero-order chi connectivity index (χ0) is 24.0. The van der Waals surface area contributed by atoms with Crippen LogP contribution in [0.15, 0.2) is 35.8 Å². The minimum absolute atomic E-state index is 0.103. The van der Waals surface area contributed by atoms with Gasteiger partial charge in [0.2, 0.25) is 11.8 Å². The van der Waals surface area contributed by atoms with Gasteiger partial charge in [-0.3, -0.25) is 14.6 Å². The molecule has 0 spiro atoms. The van der Waals surface area contributed by atoms with E-state index in [2.05, 4.69) is 28.2 Å². The van der Waals surface area contributed by atoms with E-state index in [0.717, 1.165) is 23.4 Å². The molecule has 3 rings (SSSR count). The van der Waals surface area contributed by atoms with E-state index < -0.39 is 28.7 Å². The van der Waals surface area contributed by atoms with Gasteiger partial charge >= 0.3 is 5.97 Å². The number of aliphatic carboxylic acids is 1. The molecule has 0 aliphatic heterocycles. The summed E-state index contributed by atoms with van der Waals surface area (Å²) < 4.78 is 0. The molecule has 3 N–H and O–H groups in total. The maximum atomic E-state index is 13.2. The Balaban J connectivity index is 1.68. The molecule has 2 aromatic rings. The summed E-state index contributed by atoms with van der Waals surface area (Å²) in [7, 11) is 0. The van der Waals surface area contributed by atoms with E-state index >= 15 is 0 Å². The minimum atomic E-state index is -1.13. The van der Waals surface area contributed by atoms with Crippen molar-refractivity contribution in [3.63, 3.8) is 0 Å². The fourth-order valence-electron chi connectivity index (χ4n) is 4.11. The van der Waals surface area contributed by atoms with Crippen LogP contribution in [0.1, 0.15) is 51.5 Å². The van der Waals surface area contributed by atoms with Crippen LogP contribution in [0.5, 0.6) is 0 Å². The van der Waals surface area contributed by atoms with E-state index in [1.807, 2.05) is 43.5 Å². The summed E-state index contributed by atoms with van der Waals surface area (Å²) in [5.41, 5.74) is 0.434. The molecule has 2 atom stereocenters. The van der Waals surface area contributed by atoms with Crippen LogP contribution >= 0.6 is 24.0 Å². The highest BCUT2D eigenvalue weighted by atomic mass is 32.1. The molecule has 7 nitrogen and oxygen atoms in total. The lowest BCUT2D eigenvalue weighted by Crippen LogP contribution is -2.61. The molecule has 0 radical (unpaired) electrons. The lowest BCUT2D eigenvalue weighted by atomic mass is 9.94. The topological polar surface area (TPSA) is 108 Å². The van der Waals surface area contributed by atoms with Crippen LogP contribution in [0.25, 0.3) is 10.6 Å². The van der Waals surface area contributed by atoms with Gasteiger partial charge in [0.1, 0.15) is 11.6 Å². The summed E-state index contributed by atoms with van der Waals surface area (Å²) in [4.78, 5) is 43.3. The van der Waals surface area contributed by atoms with Crippen molar-refractivity contribution < 1.29 is 19.5 Å². The van der Waals surface area contributed by atoms with Gasteiger partial charge < -0.3 is 15.7 Å². The normalized spacial score (nSPS) is 16.8.